The summed E-state index contributed by atoms with van der Waals surface area (Å²) in [4.78, 5) is 27.9. The van der Waals surface area contributed by atoms with Gasteiger partial charge in [-0.2, -0.15) is 0 Å². The fourth-order valence-electron chi connectivity index (χ4n) is 1.67. The Balaban J connectivity index is 1.94. The van der Waals surface area contributed by atoms with Gasteiger partial charge in [0.15, 0.2) is 6.61 Å². The number of nitrogens with zero attached hydrogens (tertiary/aromatic N) is 1. The topological polar surface area (TPSA) is 68.3 Å². The number of pyridine rings is 1. The number of amides is 1. The Morgan fingerprint density at radius 1 is 1.27 bits per heavy atom. The summed E-state index contributed by atoms with van der Waals surface area (Å²) in [6, 6.07) is 10.5. The van der Waals surface area contributed by atoms with Crippen molar-refractivity contribution in [2.45, 2.75) is 5.03 Å². The van der Waals surface area contributed by atoms with Crippen LogP contribution in [0.1, 0.15) is 10.4 Å². The molecule has 0 bridgehead atoms. The summed E-state index contributed by atoms with van der Waals surface area (Å²) in [7, 11) is 0. The number of ether oxygens (including phenoxy) is 1. The average Bonchev–Trinajstić information content (AvgIpc) is 2.54. The zero-order chi connectivity index (χ0) is 15.9. The highest BCUT2D eigenvalue weighted by Crippen LogP contribution is 2.21. The van der Waals surface area contributed by atoms with E-state index >= 15 is 0 Å². The van der Waals surface area contributed by atoms with Gasteiger partial charge in [-0.1, -0.05) is 12.1 Å². The lowest BCUT2D eigenvalue weighted by molar-refractivity contribution is -0.119. The van der Waals surface area contributed by atoms with Crippen LogP contribution in [0.2, 0.25) is 0 Å². The molecule has 0 radical (unpaired) electrons. The third-order valence-electron chi connectivity index (χ3n) is 2.67. The highest BCUT2D eigenvalue weighted by molar-refractivity contribution is 9.10. The van der Waals surface area contributed by atoms with Crippen LogP contribution in [0.5, 0.6) is 0 Å². The summed E-state index contributed by atoms with van der Waals surface area (Å²) in [5.74, 6) is -0.977. The molecular formula is C15H13BrN2O3S. The molecule has 0 aliphatic heterocycles. The molecule has 1 aromatic heterocycles. The first-order chi connectivity index (χ1) is 10.6. The van der Waals surface area contributed by atoms with Crippen molar-refractivity contribution < 1.29 is 14.3 Å². The number of aromatic nitrogens is 1. The summed E-state index contributed by atoms with van der Waals surface area (Å²) < 4.78 is 5.78. The SMILES string of the molecule is CSc1ncccc1C(=O)OCC(=O)Nc1ccccc1Br. The molecule has 1 amide bonds. The highest BCUT2D eigenvalue weighted by atomic mass is 79.9. The minimum atomic E-state index is -0.570. The molecule has 0 aliphatic rings. The second kappa shape index (κ2) is 7.95. The van der Waals surface area contributed by atoms with Crippen molar-refractivity contribution in [3.05, 3.63) is 52.6 Å². The lowest BCUT2D eigenvalue weighted by Crippen LogP contribution is -2.21. The summed E-state index contributed by atoms with van der Waals surface area (Å²) in [5, 5.41) is 3.23. The van der Waals surface area contributed by atoms with E-state index < -0.39 is 11.9 Å². The maximum absolute atomic E-state index is 12.0. The van der Waals surface area contributed by atoms with Gasteiger partial charge < -0.3 is 10.1 Å². The quantitative estimate of drug-likeness (QED) is 0.636. The van der Waals surface area contributed by atoms with Crippen LogP contribution in [-0.4, -0.2) is 29.7 Å². The molecule has 0 fully saturated rings. The van der Waals surface area contributed by atoms with Gasteiger partial charge in [-0.25, -0.2) is 9.78 Å². The Bertz CT molecular complexity index is 694. The lowest BCUT2D eigenvalue weighted by Gasteiger charge is -2.09. The van der Waals surface area contributed by atoms with Crippen molar-refractivity contribution in [1.82, 2.24) is 4.98 Å². The molecule has 0 spiro atoms. The number of esters is 1. The molecule has 2 rings (SSSR count). The molecule has 1 aromatic carbocycles. The van der Waals surface area contributed by atoms with Crippen LogP contribution in [0.4, 0.5) is 5.69 Å². The smallest absolute Gasteiger partial charge is 0.341 e. The first kappa shape index (κ1) is 16.5. The van der Waals surface area contributed by atoms with Crippen molar-refractivity contribution in [1.29, 1.82) is 0 Å². The van der Waals surface area contributed by atoms with Crippen molar-refractivity contribution in [3.8, 4) is 0 Å². The Morgan fingerprint density at radius 2 is 2.05 bits per heavy atom. The molecule has 0 atom stereocenters. The Morgan fingerprint density at radius 3 is 2.77 bits per heavy atom. The minimum Gasteiger partial charge on any atom is -0.452 e. The molecule has 7 heteroatoms. The summed E-state index contributed by atoms with van der Waals surface area (Å²) in [5.41, 5.74) is 0.971. The van der Waals surface area contributed by atoms with E-state index in [2.05, 4.69) is 26.2 Å². The number of para-hydroxylation sites is 1. The lowest BCUT2D eigenvalue weighted by atomic mass is 10.3. The van der Waals surface area contributed by atoms with E-state index in [-0.39, 0.29) is 6.61 Å². The normalized spacial score (nSPS) is 10.1. The molecule has 0 aliphatic carbocycles. The van der Waals surface area contributed by atoms with Crippen molar-refractivity contribution >= 4 is 45.3 Å². The highest BCUT2D eigenvalue weighted by Gasteiger charge is 2.15. The molecule has 0 unspecified atom stereocenters. The van der Waals surface area contributed by atoms with Crippen LogP contribution in [-0.2, 0) is 9.53 Å². The van der Waals surface area contributed by atoms with E-state index in [9.17, 15) is 9.59 Å². The summed E-state index contributed by atoms with van der Waals surface area (Å²) >= 11 is 4.67. The number of carbonyl (C=O) groups excluding carboxylic acids is 2. The van der Waals surface area contributed by atoms with E-state index in [0.717, 1.165) is 4.47 Å². The van der Waals surface area contributed by atoms with Crippen LogP contribution in [0, 0.1) is 0 Å². The molecule has 114 valence electrons. The Hall–Kier alpha value is -1.86. The van der Waals surface area contributed by atoms with Gasteiger partial charge in [0.25, 0.3) is 5.91 Å². The van der Waals surface area contributed by atoms with Gasteiger partial charge >= 0.3 is 5.97 Å². The fourth-order valence-corrected chi connectivity index (χ4v) is 2.59. The van der Waals surface area contributed by atoms with Crippen LogP contribution < -0.4 is 5.32 Å². The van der Waals surface area contributed by atoms with Crippen molar-refractivity contribution in [3.63, 3.8) is 0 Å². The zero-order valence-corrected chi connectivity index (χ0v) is 14.1. The van der Waals surface area contributed by atoms with Gasteiger partial charge in [-0.15, -0.1) is 11.8 Å². The monoisotopic (exact) mass is 380 g/mol. The molecule has 0 saturated carbocycles. The number of thioether (sulfide) groups is 1. The second-order valence-corrected chi connectivity index (χ2v) is 5.81. The average molecular weight is 381 g/mol. The molecule has 2 aromatic rings. The number of hydrogen-bond acceptors (Lipinski definition) is 5. The Labute approximate surface area is 140 Å². The third-order valence-corrected chi connectivity index (χ3v) is 4.07. The maximum atomic E-state index is 12.0. The van der Waals surface area contributed by atoms with E-state index in [1.165, 1.54) is 11.8 Å². The Kier molecular flexibility index (Phi) is 5.97. The minimum absolute atomic E-state index is 0.351. The fraction of sp³-hybridized carbons (Fsp3) is 0.133. The summed E-state index contributed by atoms with van der Waals surface area (Å²) in [6.45, 7) is -0.358. The van der Waals surface area contributed by atoms with E-state index in [1.54, 1.807) is 30.5 Å². The number of anilines is 1. The van der Waals surface area contributed by atoms with Crippen LogP contribution in [0.3, 0.4) is 0 Å². The maximum Gasteiger partial charge on any atom is 0.341 e. The molecule has 1 N–H and O–H groups in total. The molecule has 22 heavy (non-hydrogen) atoms. The number of nitrogens with one attached hydrogen (secondary N) is 1. The number of benzene rings is 1. The van der Waals surface area contributed by atoms with E-state index in [0.29, 0.717) is 16.3 Å². The van der Waals surface area contributed by atoms with Crippen LogP contribution >= 0.6 is 27.7 Å². The number of halogens is 1. The molecular weight excluding hydrogens is 368 g/mol. The van der Waals surface area contributed by atoms with Crippen molar-refractivity contribution in [2.24, 2.45) is 0 Å². The number of hydrogen-bond donors (Lipinski definition) is 1. The van der Waals surface area contributed by atoms with Gasteiger partial charge in [0.05, 0.1) is 11.3 Å². The first-order valence-corrected chi connectivity index (χ1v) is 8.34. The van der Waals surface area contributed by atoms with Gasteiger partial charge in [-0.05, 0) is 46.5 Å². The predicted molar refractivity (Wildman–Crippen MR) is 89.1 cm³/mol. The molecule has 5 nitrogen and oxygen atoms in total. The standard InChI is InChI=1S/C15H13BrN2O3S/c1-22-14-10(5-4-8-17-14)15(20)21-9-13(19)18-12-7-3-2-6-11(12)16/h2-8H,9H2,1H3,(H,18,19). The van der Waals surface area contributed by atoms with E-state index in [1.807, 2.05) is 18.4 Å². The molecule has 1 heterocycles. The van der Waals surface area contributed by atoms with Crippen LogP contribution in [0.25, 0.3) is 0 Å². The number of carbonyl (C=O) groups is 2. The zero-order valence-electron chi connectivity index (χ0n) is 11.7. The van der Waals surface area contributed by atoms with Gasteiger partial charge in [0.2, 0.25) is 0 Å². The van der Waals surface area contributed by atoms with Crippen LogP contribution in [0.15, 0.2) is 52.1 Å². The second-order valence-electron chi connectivity index (χ2n) is 4.16. The number of rotatable bonds is 5. The first-order valence-electron chi connectivity index (χ1n) is 6.32. The third kappa shape index (κ3) is 4.32. The van der Waals surface area contributed by atoms with Crippen molar-refractivity contribution in [2.75, 3.05) is 18.2 Å². The summed E-state index contributed by atoms with van der Waals surface area (Å²) in [6.07, 6.45) is 3.42. The van der Waals surface area contributed by atoms with E-state index in [4.69, 9.17) is 4.74 Å². The van der Waals surface area contributed by atoms with Gasteiger partial charge in [0, 0.05) is 10.7 Å². The predicted octanol–water partition coefficient (Wildman–Crippen LogP) is 3.36. The van der Waals surface area contributed by atoms with Gasteiger partial charge in [0.1, 0.15) is 5.03 Å². The van der Waals surface area contributed by atoms with Gasteiger partial charge in [-0.3, -0.25) is 4.79 Å². The molecule has 0 saturated heterocycles. The largest absolute Gasteiger partial charge is 0.452 e.